The number of rotatable bonds is 9. The minimum Gasteiger partial charge on any atom is -0.357 e. The number of piperazine rings is 1. The number of imidazole rings is 1. The molecule has 1 amide bonds. The third-order valence-corrected chi connectivity index (χ3v) is 7.10. The van der Waals surface area contributed by atoms with Gasteiger partial charge in [0.05, 0.1) is 29.7 Å². The van der Waals surface area contributed by atoms with Crippen LogP contribution in [0.5, 0.6) is 0 Å². The van der Waals surface area contributed by atoms with E-state index >= 15 is 0 Å². The highest BCUT2D eigenvalue weighted by molar-refractivity contribution is 5.86. The molecule has 0 N–H and O–H groups in total. The summed E-state index contributed by atoms with van der Waals surface area (Å²) in [6.45, 7) is 10.9. The Labute approximate surface area is 214 Å². The summed E-state index contributed by atoms with van der Waals surface area (Å²) in [4.78, 5) is 24.8. The van der Waals surface area contributed by atoms with Gasteiger partial charge in [-0.3, -0.25) is 9.69 Å². The van der Waals surface area contributed by atoms with Crippen molar-refractivity contribution < 1.29 is 4.79 Å². The van der Waals surface area contributed by atoms with Gasteiger partial charge in [0.2, 0.25) is 5.91 Å². The first-order valence-corrected chi connectivity index (χ1v) is 12.9. The molecule has 1 fully saturated rings. The number of likely N-dealkylation sites (N-methyl/N-ethyl adjacent to an activating group) is 1. The van der Waals surface area contributed by atoms with Crippen molar-refractivity contribution in [2.45, 2.75) is 45.8 Å². The van der Waals surface area contributed by atoms with E-state index in [0.717, 1.165) is 56.1 Å². The Bertz CT molecular complexity index is 1170. The van der Waals surface area contributed by atoms with Gasteiger partial charge in [-0.25, -0.2) is 4.98 Å². The van der Waals surface area contributed by atoms with E-state index < -0.39 is 0 Å². The first kappa shape index (κ1) is 25.5. The van der Waals surface area contributed by atoms with Crippen molar-refractivity contribution in [1.29, 1.82) is 5.26 Å². The molecule has 1 aliphatic heterocycles. The molecule has 0 bridgehead atoms. The first-order chi connectivity index (χ1) is 17.5. The lowest BCUT2D eigenvalue weighted by Gasteiger charge is -2.43. The number of para-hydroxylation sites is 1. The van der Waals surface area contributed by atoms with Crippen molar-refractivity contribution in [1.82, 2.24) is 19.4 Å². The predicted octanol–water partition coefficient (Wildman–Crippen LogP) is 4.31. The number of carbonyl (C=O) groups is 1. The highest BCUT2D eigenvalue weighted by atomic mass is 16.2. The number of nitrogens with zero attached hydrogens (tertiary/aromatic N) is 6. The van der Waals surface area contributed by atoms with Crippen molar-refractivity contribution >= 4 is 11.6 Å². The summed E-state index contributed by atoms with van der Waals surface area (Å²) in [5, 5.41) is 9.11. The Kier molecular flexibility index (Phi) is 8.40. The summed E-state index contributed by atoms with van der Waals surface area (Å²) in [6.07, 6.45) is 4.75. The SMILES string of the molecule is CCCN(CC)C(=O)C1CN(Cc2cncn2C(C)c2ccc(C#N)cc2)CCN1c1ccccc1. The number of hydrogen-bond donors (Lipinski definition) is 0. The molecule has 0 radical (unpaired) electrons. The zero-order valence-electron chi connectivity index (χ0n) is 21.5. The molecule has 1 aromatic heterocycles. The molecular formula is C29H36N6O. The summed E-state index contributed by atoms with van der Waals surface area (Å²) in [5.74, 6) is 0.201. The van der Waals surface area contributed by atoms with E-state index in [1.165, 1.54) is 0 Å². The van der Waals surface area contributed by atoms with Crippen molar-refractivity contribution in [3.05, 3.63) is 83.9 Å². The Morgan fingerprint density at radius 3 is 2.56 bits per heavy atom. The van der Waals surface area contributed by atoms with Crippen molar-refractivity contribution in [2.24, 2.45) is 0 Å². The van der Waals surface area contributed by atoms with Crippen LogP contribution in [0.4, 0.5) is 5.69 Å². The number of carbonyl (C=O) groups excluding carboxylic acids is 1. The molecule has 7 heteroatoms. The quantitative estimate of drug-likeness (QED) is 0.453. The molecule has 7 nitrogen and oxygen atoms in total. The van der Waals surface area contributed by atoms with E-state index in [0.29, 0.717) is 12.1 Å². The summed E-state index contributed by atoms with van der Waals surface area (Å²) in [7, 11) is 0. The van der Waals surface area contributed by atoms with Gasteiger partial charge in [0.25, 0.3) is 0 Å². The second-order valence-corrected chi connectivity index (χ2v) is 9.40. The van der Waals surface area contributed by atoms with Gasteiger partial charge in [0.15, 0.2) is 0 Å². The molecule has 1 saturated heterocycles. The Hall–Kier alpha value is -3.63. The summed E-state index contributed by atoms with van der Waals surface area (Å²) in [6, 6.07) is 20.1. The summed E-state index contributed by atoms with van der Waals surface area (Å²) in [5.41, 5.74) is 4.01. The fraction of sp³-hybridized carbons (Fsp3) is 0.414. The van der Waals surface area contributed by atoms with Gasteiger partial charge < -0.3 is 14.4 Å². The lowest BCUT2D eigenvalue weighted by atomic mass is 10.1. The first-order valence-electron chi connectivity index (χ1n) is 12.9. The van der Waals surface area contributed by atoms with Crippen LogP contribution in [0.1, 0.15) is 50.1 Å². The third kappa shape index (κ3) is 5.60. The summed E-state index contributed by atoms with van der Waals surface area (Å²) >= 11 is 0. The van der Waals surface area contributed by atoms with Crippen molar-refractivity contribution in [3.63, 3.8) is 0 Å². The molecule has 2 atom stereocenters. The maximum Gasteiger partial charge on any atom is 0.246 e. The second kappa shape index (κ2) is 11.9. The molecule has 188 valence electrons. The fourth-order valence-corrected chi connectivity index (χ4v) is 5.06. The maximum absolute atomic E-state index is 13.7. The van der Waals surface area contributed by atoms with E-state index in [-0.39, 0.29) is 18.0 Å². The van der Waals surface area contributed by atoms with Gasteiger partial charge in [-0.1, -0.05) is 37.3 Å². The second-order valence-electron chi connectivity index (χ2n) is 9.40. The number of nitriles is 1. The maximum atomic E-state index is 13.7. The van der Waals surface area contributed by atoms with Crippen LogP contribution in [0.25, 0.3) is 0 Å². The van der Waals surface area contributed by atoms with Crippen molar-refractivity contribution in [2.75, 3.05) is 37.6 Å². The molecule has 1 aliphatic rings. The van der Waals surface area contributed by atoms with Crippen LogP contribution in [-0.4, -0.2) is 64.0 Å². The van der Waals surface area contributed by atoms with Crippen LogP contribution in [0.2, 0.25) is 0 Å². The third-order valence-electron chi connectivity index (χ3n) is 7.10. The van der Waals surface area contributed by atoms with Crippen LogP contribution in [0.3, 0.4) is 0 Å². The van der Waals surface area contributed by atoms with Gasteiger partial charge in [-0.15, -0.1) is 0 Å². The zero-order chi connectivity index (χ0) is 25.5. The molecule has 0 aliphatic carbocycles. The Balaban J connectivity index is 1.53. The lowest BCUT2D eigenvalue weighted by Crippen LogP contribution is -2.59. The van der Waals surface area contributed by atoms with Crippen LogP contribution in [0, 0.1) is 11.3 Å². The number of aromatic nitrogens is 2. The molecule has 2 heterocycles. The highest BCUT2D eigenvalue weighted by Crippen LogP contribution is 2.25. The molecule has 4 rings (SSSR count). The van der Waals surface area contributed by atoms with E-state index in [2.05, 4.69) is 58.3 Å². The van der Waals surface area contributed by atoms with E-state index in [4.69, 9.17) is 5.26 Å². The molecule has 3 aromatic rings. The number of benzene rings is 2. The smallest absolute Gasteiger partial charge is 0.246 e. The average Bonchev–Trinajstić information content (AvgIpc) is 3.39. The number of hydrogen-bond acceptors (Lipinski definition) is 5. The van der Waals surface area contributed by atoms with Crippen LogP contribution < -0.4 is 4.90 Å². The average molecular weight is 485 g/mol. The molecule has 0 saturated carbocycles. The standard InChI is InChI=1S/C29H36N6O/c1-4-15-33(5-2)29(36)28-21-32(16-17-34(28)26-9-7-6-8-10-26)20-27-19-31-22-35(27)23(3)25-13-11-24(18-30)12-14-25/h6-14,19,22-23,28H,4-5,15-17,20-21H2,1-3H3. The van der Waals surface area contributed by atoms with Crippen LogP contribution in [0.15, 0.2) is 67.1 Å². The van der Waals surface area contributed by atoms with E-state index in [9.17, 15) is 4.79 Å². The molecule has 0 spiro atoms. The fourth-order valence-electron chi connectivity index (χ4n) is 5.06. The zero-order valence-corrected chi connectivity index (χ0v) is 21.5. The number of anilines is 1. The number of amides is 1. The van der Waals surface area contributed by atoms with Gasteiger partial charge in [0.1, 0.15) is 6.04 Å². The van der Waals surface area contributed by atoms with E-state index in [1.807, 2.05) is 59.9 Å². The van der Waals surface area contributed by atoms with Crippen molar-refractivity contribution in [3.8, 4) is 6.07 Å². The molecule has 2 aromatic carbocycles. The normalized spacial score (nSPS) is 16.9. The minimum absolute atomic E-state index is 0.0958. The molecular weight excluding hydrogens is 448 g/mol. The Morgan fingerprint density at radius 1 is 1.14 bits per heavy atom. The monoisotopic (exact) mass is 484 g/mol. The lowest BCUT2D eigenvalue weighted by molar-refractivity contribution is -0.133. The van der Waals surface area contributed by atoms with Gasteiger partial charge >= 0.3 is 0 Å². The van der Waals surface area contributed by atoms with Gasteiger partial charge in [-0.2, -0.15) is 5.26 Å². The minimum atomic E-state index is -0.222. The summed E-state index contributed by atoms with van der Waals surface area (Å²) < 4.78 is 2.19. The molecule has 36 heavy (non-hydrogen) atoms. The largest absolute Gasteiger partial charge is 0.357 e. The van der Waals surface area contributed by atoms with Gasteiger partial charge in [0, 0.05) is 51.2 Å². The predicted molar refractivity (Wildman–Crippen MR) is 143 cm³/mol. The topological polar surface area (TPSA) is 68.4 Å². The van der Waals surface area contributed by atoms with E-state index in [1.54, 1.807) is 0 Å². The van der Waals surface area contributed by atoms with Crippen LogP contribution >= 0.6 is 0 Å². The van der Waals surface area contributed by atoms with Gasteiger partial charge in [-0.05, 0) is 50.1 Å². The Morgan fingerprint density at radius 2 is 1.89 bits per heavy atom. The molecule has 2 unspecified atom stereocenters. The van der Waals surface area contributed by atoms with Crippen LogP contribution in [-0.2, 0) is 11.3 Å². The highest BCUT2D eigenvalue weighted by Gasteiger charge is 2.35.